The number of carboxylic acid groups (broad SMARTS) is 1. The molecule has 1 aliphatic heterocycles. The number of nitrogens with one attached hydrogen (secondary N) is 1. The van der Waals surface area contributed by atoms with Crippen LogP contribution in [0.15, 0.2) is 24.3 Å². The van der Waals surface area contributed by atoms with Crippen LogP contribution in [0, 0.1) is 5.82 Å². The van der Waals surface area contributed by atoms with E-state index in [1.807, 2.05) is 0 Å². The average molecular weight is 270 g/mol. The Hall–Kier alpha value is -1.76. The summed E-state index contributed by atoms with van der Waals surface area (Å²) in [5.41, 5.74) is 0.433. The Balaban J connectivity index is 2.03. The van der Waals surface area contributed by atoms with Crippen LogP contribution in [0.2, 0.25) is 0 Å². The molecule has 0 saturated carbocycles. The monoisotopic (exact) mass is 270 g/mol. The van der Waals surface area contributed by atoms with E-state index in [0.29, 0.717) is 17.3 Å². The van der Waals surface area contributed by atoms with Gasteiger partial charge in [0, 0.05) is 11.4 Å². The van der Waals surface area contributed by atoms with Gasteiger partial charge in [-0.25, -0.2) is 14.0 Å². The minimum atomic E-state index is -1.02. The molecule has 0 bridgehead atoms. The largest absolute Gasteiger partial charge is 0.480 e. The zero-order chi connectivity index (χ0) is 13.1. The first kappa shape index (κ1) is 12.7. The van der Waals surface area contributed by atoms with Crippen molar-refractivity contribution in [2.45, 2.75) is 6.04 Å². The highest BCUT2D eigenvalue weighted by Gasteiger charge is 2.34. The molecule has 0 unspecified atom stereocenters. The third kappa shape index (κ3) is 2.73. The van der Waals surface area contributed by atoms with E-state index in [-0.39, 0.29) is 0 Å². The van der Waals surface area contributed by atoms with Gasteiger partial charge >= 0.3 is 12.0 Å². The molecule has 1 fully saturated rings. The van der Waals surface area contributed by atoms with Crippen LogP contribution in [0.25, 0.3) is 0 Å². The highest BCUT2D eigenvalue weighted by Crippen LogP contribution is 2.22. The van der Waals surface area contributed by atoms with Crippen molar-refractivity contribution < 1.29 is 19.1 Å². The van der Waals surface area contributed by atoms with Crippen LogP contribution in [0.3, 0.4) is 0 Å². The van der Waals surface area contributed by atoms with Gasteiger partial charge in [-0.1, -0.05) is 0 Å². The Bertz CT molecular complexity index is 466. The Labute approximate surface area is 107 Å². The number of urea groups is 1. The molecule has 18 heavy (non-hydrogen) atoms. The van der Waals surface area contributed by atoms with Crippen molar-refractivity contribution in [1.82, 2.24) is 4.90 Å². The normalized spacial score (nSPS) is 18.7. The first-order valence-electron chi connectivity index (χ1n) is 5.21. The minimum Gasteiger partial charge on any atom is -0.480 e. The summed E-state index contributed by atoms with van der Waals surface area (Å²) in [7, 11) is 0. The molecule has 1 aromatic carbocycles. The summed E-state index contributed by atoms with van der Waals surface area (Å²) in [6.07, 6.45) is 0. The zero-order valence-electron chi connectivity index (χ0n) is 9.30. The van der Waals surface area contributed by atoms with Crippen LogP contribution in [0.1, 0.15) is 0 Å². The van der Waals surface area contributed by atoms with Gasteiger partial charge in [-0.2, -0.15) is 0 Å². The van der Waals surface area contributed by atoms with Crippen molar-refractivity contribution in [2.24, 2.45) is 0 Å². The predicted molar refractivity (Wildman–Crippen MR) is 66.0 cm³/mol. The number of benzene rings is 1. The summed E-state index contributed by atoms with van der Waals surface area (Å²) < 4.78 is 12.7. The Morgan fingerprint density at radius 3 is 2.67 bits per heavy atom. The molecule has 0 radical (unpaired) electrons. The number of anilines is 1. The minimum absolute atomic E-state index is 0.337. The van der Waals surface area contributed by atoms with E-state index >= 15 is 0 Å². The summed E-state index contributed by atoms with van der Waals surface area (Å²) in [6, 6.07) is 4.00. The molecule has 1 atom stereocenters. The number of carbonyl (C=O) groups excluding carboxylic acids is 1. The number of hydrogen-bond donors (Lipinski definition) is 2. The van der Waals surface area contributed by atoms with Gasteiger partial charge in [0.1, 0.15) is 11.9 Å². The lowest BCUT2D eigenvalue weighted by Gasteiger charge is -2.20. The molecule has 0 aromatic heterocycles. The summed E-state index contributed by atoms with van der Waals surface area (Å²) in [5, 5.41) is 11.5. The Morgan fingerprint density at radius 1 is 1.39 bits per heavy atom. The van der Waals surface area contributed by atoms with Gasteiger partial charge in [0.25, 0.3) is 0 Å². The van der Waals surface area contributed by atoms with Gasteiger partial charge in [0.05, 0.1) is 5.88 Å². The lowest BCUT2D eigenvalue weighted by Crippen LogP contribution is -2.43. The topological polar surface area (TPSA) is 69.6 Å². The molecule has 1 aromatic rings. The number of nitrogens with zero attached hydrogens (tertiary/aromatic N) is 1. The molecule has 1 heterocycles. The molecule has 1 aliphatic rings. The first-order chi connectivity index (χ1) is 8.58. The van der Waals surface area contributed by atoms with Crippen molar-refractivity contribution >= 4 is 29.4 Å². The zero-order valence-corrected chi connectivity index (χ0v) is 10.1. The van der Waals surface area contributed by atoms with Crippen molar-refractivity contribution in [3.63, 3.8) is 0 Å². The second-order valence-electron chi connectivity index (χ2n) is 3.76. The van der Waals surface area contributed by atoms with Gasteiger partial charge in [0.15, 0.2) is 0 Å². The highest BCUT2D eigenvalue weighted by molar-refractivity contribution is 7.99. The fraction of sp³-hybridized carbons (Fsp3) is 0.273. The number of carbonyl (C=O) groups is 2. The predicted octanol–water partition coefficient (Wildman–Crippen LogP) is 1.82. The van der Waals surface area contributed by atoms with Crippen LogP contribution >= 0.6 is 11.8 Å². The van der Waals surface area contributed by atoms with Crippen LogP contribution in [-0.2, 0) is 4.79 Å². The van der Waals surface area contributed by atoms with E-state index in [9.17, 15) is 14.0 Å². The van der Waals surface area contributed by atoms with Crippen molar-refractivity contribution in [3.05, 3.63) is 30.1 Å². The van der Waals surface area contributed by atoms with E-state index in [2.05, 4.69) is 5.32 Å². The van der Waals surface area contributed by atoms with Gasteiger partial charge in [0.2, 0.25) is 0 Å². The van der Waals surface area contributed by atoms with Gasteiger partial charge in [-0.15, -0.1) is 11.8 Å². The fourth-order valence-corrected chi connectivity index (χ4v) is 2.72. The van der Waals surface area contributed by atoms with Gasteiger partial charge in [-0.05, 0) is 24.3 Å². The maximum Gasteiger partial charge on any atom is 0.327 e. The second kappa shape index (κ2) is 5.26. The molecule has 0 spiro atoms. The fourth-order valence-electron chi connectivity index (χ4n) is 1.58. The lowest BCUT2D eigenvalue weighted by atomic mass is 10.3. The third-order valence-corrected chi connectivity index (χ3v) is 3.54. The van der Waals surface area contributed by atoms with Crippen LogP contribution in [0.4, 0.5) is 14.9 Å². The van der Waals surface area contributed by atoms with Crippen LogP contribution in [-0.4, -0.2) is 39.7 Å². The number of amides is 2. The van der Waals surface area contributed by atoms with E-state index < -0.39 is 23.9 Å². The van der Waals surface area contributed by atoms with E-state index in [1.165, 1.54) is 40.9 Å². The van der Waals surface area contributed by atoms with E-state index in [1.54, 1.807) is 0 Å². The summed E-state index contributed by atoms with van der Waals surface area (Å²) in [4.78, 5) is 24.0. The molecule has 1 saturated heterocycles. The molecular weight excluding hydrogens is 259 g/mol. The quantitative estimate of drug-likeness (QED) is 0.860. The van der Waals surface area contributed by atoms with Crippen molar-refractivity contribution in [1.29, 1.82) is 0 Å². The maximum absolute atomic E-state index is 12.7. The summed E-state index contributed by atoms with van der Waals surface area (Å²) >= 11 is 1.38. The van der Waals surface area contributed by atoms with E-state index in [4.69, 9.17) is 5.11 Å². The van der Waals surface area contributed by atoms with E-state index in [0.717, 1.165) is 0 Å². The maximum atomic E-state index is 12.7. The lowest BCUT2D eigenvalue weighted by molar-refractivity contribution is -0.140. The van der Waals surface area contributed by atoms with Crippen LogP contribution in [0.5, 0.6) is 0 Å². The number of thioether (sulfide) groups is 1. The molecule has 2 rings (SSSR count). The molecule has 5 nitrogen and oxygen atoms in total. The van der Waals surface area contributed by atoms with Gasteiger partial charge in [-0.3, -0.25) is 0 Å². The molecule has 2 N–H and O–H groups in total. The second-order valence-corrected chi connectivity index (χ2v) is 4.76. The number of halogens is 1. The first-order valence-corrected chi connectivity index (χ1v) is 6.37. The van der Waals surface area contributed by atoms with Crippen molar-refractivity contribution in [2.75, 3.05) is 16.9 Å². The number of hydrogen-bond acceptors (Lipinski definition) is 3. The summed E-state index contributed by atoms with van der Waals surface area (Å²) in [6.45, 7) is 0. The number of carboxylic acids is 1. The molecule has 7 heteroatoms. The molecular formula is C11H11FN2O3S. The van der Waals surface area contributed by atoms with Crippen molar-refractivity contribution in [3.8, 4) is 0 Å². The third-order valence-electron chi connectivity index (χ3n) is 2.52. The summed E-state index contributed by atoms with van der Waals surface area (Å²) in [5.74, 6) is -0.696. The number of rotatable bonds is 2. The Kier molecular flexibility index (Phi) is 3.71. The molecule has 0 aliphatic carbocycles. The Morgan fingerprint density at radius 2 is 2.06 bits per heavy atom. The highest BCUT2D eigenvalue weighted by atomic mass is 32.2. The average Bonchev–Trinajstić information content (AvgIpc) is 2.81. The van der Waals surface area contributed by atoms with Crippen LogP contribution < -0.4 is 5.32 Å². The smallest absolute Gasteiger partial charge is 0.327 e. The van der Waals surface area contributed by atoms with Gasteiger partial charge < -0.3 is 15.3 Å². The molecule has 96 valence electrons. The molecule has 2 amide bonds. The SMILES string of the molecule is O=C(O)[C@H]1CSCN1C(=O)Nc1ccc(F)cc1. The standard InChI is InChI=1S/C11H11FN2O3S/c12-7-1-3-8(4-2-7)13-11(17)14-6-18-5-9(14)10(15)16/h1-4,9H,5-6H2,(H,13,17)(H,15,16)/t9-/m1/s1. The number of aliphatic carboxylic acids is 1.